The maximum absolute atomic E-state index is 14.1. The number of carbonyl (C=O) groups excluding carboxylic acids is 1. The second-order valence-corrected chi connectivity index (χ2v) is 8.03. The maximum Gasteiger partial charge on any atom is 0.257 e. The van der Waals surface area contributed by atoms with Crippen molar-refractivity contribution in [3.63, 3.8) is 0 Å². The maximum atomic E-state index is 14.1. The largest absolute Gasteiger partial charge is 0.367 e. The lowest BCUT2D eigenvalue weighted by atomic mass is 10.0. The Bertz CT molecular complexity index is 830. The Morgan fingerprint density at radius 1 is 1.21 bits per heavy atom. The number of carbonyl (C=O) groups is 1. The summed E-state index contributed by atoms with van der Waals surface area (Å²) in [5.74, 6) is -0.0599. The number of hydrogen-bond donors (Lipinski definition) is 1. The van der Waals surface area contributed by atoms with E-state index in [0.717, 1.165) is 76.2 Å². The number of aromatic nitrogens is 2. The predicted octanol–water partition coefficient (Wildman–Crippen LogP) is 2.93. The number of anilines is 1. The number of halogens is 1. The SMILES string of the molecule is CCCc1[nH]ncc1C(=O)N1CCC[C@H](N2CCN(c3ccccc3F)CC2)C1. The Kier molecular flexibility index (Phi) is 6.13. The van der Waals surface area contributed by atoms with Gasteiger partial charge >= 0.3 is 0 Å². The van der Waals surface area contributed by atoms with E-state index in [9.17, 15) is 9.18 Å². The summed E-state index contributed by atoms with van der Waals surface area (Å²) in [6, 6.07) is 7.36. The molecule has 2 aliphatic rings. The minimum absolute atomic E-state index is 0.0943. The van der Waals surface area contributed by atoms with Gasteiger partial charge in [0.05, 0.1) is 17.4 Å². The van der Waals surface area contributed by atoms with Crippen LogP contribution in [0.2, 0.25) is 0 Å². The monoisotopic (exact) mass is 399 g/mol. The zero-order valence-electron chi connectivity index (χ0n) is 17.1. The van der Waals surface area contributed by atoms with Crippen LogP contribution in [0.5, 0.6) is 0 Å². The summed E-state index contributed by atoms with van der Waals surface area (Å²) in [6.07, 6.45) is 5.62. The number of aromatic amines is 1. The van der Waals surface area contributed by atoms with E-state index in [1.54, 1.807) is 12.3 Å². The Hall–Kier alpha value is -2.41. The third-order valence-electron chi connectivity index (χ3n) is 6.16. The Labute approximate surface area is 171 Å². The summed E-state index contributed by atoms with van der Waals surface area (Å²) in [4.78, 5) is 19.6. The van der Waals surface area contributed by atoms with Crippen molar-refractivity contribution in [2.45, 2.75) is 38.6 Å². The van der Waals surface area contributed by atoms with Crippen LogP contribution >= 0.6 is 0 Å². The lowest BCUT2D eigenvalue weighted by Gasteiger charge is -2.44. The van der Waals surface area contributed by atoms with Crippen LogP contribution in [0.3, 0.4) is 0 Å². The predicted molar refractivity (Wildman–Crippen MR) is 112 cm³/mol. The van der Waals surface area contributed by atoms with Crippen LogP contribution in [-0.2, 0) is 6.42 Å². The number of H-pyrrole nitrogens is 1. The van der Waals surface area contributed by atoms with E-state index in [-0.39, 0.29) is 11.7 Å². The number of aryl methyl sites for hydroxylation is 1. The Morgan fingerprint density at radius 3 is 2.76 bits per heavy atom. The molecule has 3 heterocycles. The number of nitrogens with one attached hydrogen (secondary N) is 1. The molecule has 6 nitrogen and oxygen atoms in total. The van der Waals surface area contributed by atoms with E-state index in [0.29, 0.717) is 11.7 Å². The first-order chi connectivity index (χ1) is 14.2. The van der Waals surface area contributed by atoms with Gasteiger partial charge in [-0.05, 0) is 31.4 Å². The van der Waals surface area contributed by atoms with Gasteiger partial charge in [0.1, 0.15) is 5.82 Å². The normalized spacial score (nSPS) is 20.8. The highest BCUT2D eigenvalue weighted by Gasteiger charge is 2.31. The molecule has 2 aromatic rings. The second-order valence-electron chi connectivity index (χ2n) is 8.03. The topological polar surface area (TPSA) is 55.5 Å². The third kappa shape index (κ3) is 4.29. The van der Waals surface area contributed by atoms with Gasteiger partial charge in [-0.1, -0.05) is 25.5 Å². The minimum atomic E-state index is -0.154. The fraction of sp³-hybridized carbons (Fsp3) is 0.545. The molecule has 29 heavy (non-hydrogen) atoms. The van der Waals surface area contributed by atoms with Crippen molar-refractivity contribution in [2.24, 2.45) is 0 Å². The van der Waals surface area contributed by atoms with Gasteiger partial charge in [0.2, 0.25) is 0 Å². The molecule has 0 aliphatic carbocycles. The quantitative estimate of drug-likeness (QED) is 0.840. The number of amides is 1. The minimum Gasteiger partial charge on any atom is -0.367 e. The molecule has 2 fully saturated rings. The number of piperidine rings is 1. The molecule has 2 saturated heterocycles. The first kappa shape index (κ1) is 19.9. The van der Waals surface area contributed by atoms with Crippen LogP contribution in [0, 0.1) is 5.82 Å². The summed E-state index contributed by atoms with van der Waals surface area (Å²) in [5.41, 5.74) is 2.35. The Morgan fingerprint density at radius 2 is 2.00 bits per heavy atom. The van der Waals surface area contributed by atoms with Gasteiger partial charge in [-0.3, -0.25) is 14.8 Å². The molecule has 0 radical (unpaired) electrons. The summed E-state index contributed by atoms with van der Waals surface area (Å²) in [7, 11) is 0. The summed E-state index contributed by atoms with van der Waals surface area (Å²) < 4.78 is 14.1. The van der Waals surface area contributed by atoms with Crippen LogP contribution in [0.15, 0.2) is 30.5 Å². The molecule has 0 bridgehead atoms. The van der Waals surface area contributed by atoms with Gasteiger partial charge in [0.15, 0.2) is 0 Å². The standard InChI is InChI=1S/C22H30FN5O/c1-2-6-20-18(15-24-25-20)22(29)28-10-5-7-17(16-28)26-11-13-27(14-12-26)21-9-4-3-8-19(21)23/h3-4,8-9,15,17H,2,5-7,10-14,16H2,1H3,(H,24,25)/t17-/m0/s1. The van der Waals surface area contributed by atoms with Gasteiger partial charge < -0.3 is 9.80 Å². The average Bonchev–Trinajstić information content (AvgIpc) is 3.22. The number of rotatable bonds is 5. The van der Waals surface area contributed by atoms with E-state index in [1.807, 2.05) is 17.0 Å². The van der Waals surface area contributed by atoms with Crippen LogP contribution in [0.1, 0.15) is 42.2 Å². The second kappa shape index (κ2) is 8.95. The molecule has 156 valence electrons. The number of nitrogens with zero attached hydrogens (tertiary/aromatic N) is 4. The number of para-hydroxylation sites is 1. The number of hydrogen-bond acceptors (Lipinski definition) is 4. The van der Waals surface area contributed by atoms with Crippen molar-refractivity contribution in [3.05, 3.63) is 47.5 Å². The van der Waals surface area contributed by atoms with Crippen molar-refractivity contribution < 1.29 is 9.18 Å². The van der Waals surface area contributed by atoms with Crippen LogP contribution in [-0.4, -0.2) is 71.2 Å². The molecule has 2 aliphatic heterocycles. The van der Waals surface area contributed by atoms with Crippen molar-refractivity contribution in [1.82, 2.24) is 20.0 Å². The van der Waals surface area contributed by atoms with Gasteiger partial charge in [-0.2, -0.15) is 5.10 Å². The van der Waals surface area contributed by atoms with Gasteiger partial charge in [0.25, 0.3) is 5.91 Å². The van der Waals surface area contributed by atoms with E-state index >= 15 is 0 Å². The summed E-state index contributed by atoms with van der Waals surface area (Å²) >= 11 is 0. The average molecular weight is 400 g/mol. The Balaban J connectivity index is 1.36. The number of benzene rings is 1. The van der Waals surface area contributed by atoms with Crippen molar-refractivity contribution in [3.8, 4) is 0 Å². The molecule has 1 N–H and O–H groups in total. The molecular weight excluding hydrogens is 369 g/mol. The van der Waals surface area contributed by atoms with Gasteiger partial charge in [0, 0.05) is 51.0 Å². The molecule has 1 atom stereocenters. The molecule has 1 aromatic heterocycles. The van der Waals surface area contributed by atoms with E-state index in [4.69, 9.17) is 0 Å². The highest BCUT2D eigenvalue weighted by atomic mass is 19.1. The van der Waals surface area contributed by atoms with Crippen LogP contribution in [0.25, 0.3) is 0 Å². The fourth-order valence-electron chi connectivity index (χ4n) is 4.58. The molecule has 1 amide bonds. The lowest BCUT2D eigenvalue weighted by molar-refractivity contribution is 0.0562. The fourth-order valence-corrected chi connectivity index (χ4v) is 4.58. The van der Waals surface area contributed by atoms with Crippen LogP contribution < -0.4 is 4.90 Å². The van der Waals surface area contributed by atoms with Gasteiger partial charge in [-0.25, -0.2) is 4.39 Å². The van der Waals surface area contributed by atoms with Crippen LogP contribution in [0.4, 0.5) is 10.1 Å². The summed E-state index contributed by atoms with van der Waals surface area (Å²) in [5, 5.41) is 7.07. The molecule has 1 aromatic carbocycles. The first-order valence-electron chi connectivity index (χ1n) is 10.7. The first-order valence-corrected chi connectivity index (χ1v) is 10.7. The van der Waals surface area contributed by atoms with Crippen molar-refractivity contribution in [1.29, 1.82) is 0 Å². The lowest BCUT2D eigenvalue weighted by Crippen LogP contribution is -2.56. The van der Waals surface area contributed by atoms with Gasteiger partial charge in [-0.15, -0.1) is 0 Å². The number of piperazine rings is 1. The number of likely N-dealkylation sites (tertiary alicyclic amines) is 1. The highest BCUT2D eigenvalue weighted by molar-refractivity contribution is 5.95. The third-order valence-corrected chi connectivity index (χ3v) is 6.16. The molecule has 7 heteroatoms. The zero-order chi connectivity index (χ0) is 20.2. The molecule has 0 unspecified atom stereocenters. The molecular formula is C22H30FN5O. The van der Waals surface area contributed by atoms with E-state index in [2.05, 4.69) is 26.9 Å². The zero-order valence-corrected chi connectivity index (χ0v) is 17.1. The van der Waals surface area contributed by atoms with E-state index in [1.165, 1.54) is 6.07 Å². The summed E-state index contributed by atoms with van der Waals surface area (Å²) in [6.45, 7) is 7.09. The smallest absolute Gasteiger partial charge is 0.257 e. The molecule has 0 spiro atoms. The molecule has 4 rings (SSSR count). The van der Waals surface area contributed by atoms with E-state index < -0.39 is 0 Å². The van der Waals surface area contributed by atoms with Crippen molar-refractivity contribution in [2.75, 3.05) is 44.2 Å². The van der Waals surface area contributed by atoms with Crippen molar-refractivity contribution >= 4 is 11.6 Å². The highest BCUT2D eigenvalue weighted by Crippen LogP contribution is 2.24. The molecule has 0 saturated carbocycles.